The highest BCUT2D eigenvalue weighted by Gasteiger charge is 2.12. The van der Waals surface area contributed by atoms with Gasteiger partial charge in [-0.3, -0.25) is 0 Å². The maximum absolute atomic E-state index is 11.7. The van der Waals surface area contributed by atoms with Crippen LogP contribution in [0.2, 0.25) is 0 Å². The third-order valence-electron chi connectivity index (χ3n) is 2.47. The van der Waals surface area contributed by atoms with E-state index in [0.29, 0.717) is 6.54 Å². The number of benzene rings is 1. The van der Waals surface area contributed by atoms with Crippen LogP contribution in [0.4, 0.5) is 4.79 Å². The number of likely N-dealkylation sites (N-methyl/N-ethyl adjacent to an activating group) is 1. The first-order chi connectivity index (χ1) is 8.04. The summed E-state index contributed by atoms with van der Waals surface area (Å²) in [6.45, 7) is 2.22. The van der Waals surface area contributed by atoms with Crippen LogP contribution in [0.3, 0.4) is 0 Å². The molecule has 1 aromatic carbocycles. The number of urea groups is 1. The molecule has 5 heteroatoms. The lowest BCUT2D eigenvalue weighted by atomic mass is 10.1. The molecule has 2 N–H and O–H groups in total. The van der Waals surface area contributed by atoms with Gasteiger partial charge in [-0.2, -0.15) is 0 Å². The summed E-state index contributed by atoms with van der Waals surface area (Å²) in [5, 5.41) is 11.6. The summed E-state index contributed by atoms with van der Waals surface area (Å²) in [6.07, 6.45) is 0. The van der Waals surface area contributed by atoms with Crippen molar-refractivity contribution in [2.24, 2.45) is 0 Å². The van der Waals surface area contributed by atoms with Gasteiger partial charge in [0, 0.05) is 18.1 Å². The molecule has 0 saturated carbocycles. The Hall–Kier alpha value is -1.07. The molecule has 0 heterocycles. The van der Waals surface area contributed by atoms with Crippen molar-refractivity contribution in [3.05, 3.63) is 34.3 Å². The predicted octanol–water partition coefficient (Wildman–Crippen LogP) is 2.14. The molecule has 4 nitrogen and oxygen atoms in total. The van der Waals surface area contributed by atoms with E-state index >= 15 is 0 Å². The minimum atomic E-state index is -0.188. The number of rotatable bonds is 4. The van der Waals surface area contributed by atoms with Crippen LogP contribution in [-0.2, 0) is 0 Å². The van der Waals surface area contributed by atoms with Gasteiger partial charge in [-0.1, -0.05) is 28.1 Å². The Bertz CT molecular complexity index is 385. The molecule has 0 spiro atoms. The van der Waals surface area contributed by atoms with Crippen molar-refractivity contribution in [2.45, 2.75) is 13.0 Å². The van der Waals surface area contributed by atoms with Gasteiger partial charge in [0.2, 0.25) is 0 Å². The van der Waals surface area contributed by atoms with Crippen LogP contribution in [0.15, 0.2) is 28.7 Å². The maximum atomic E-state index is 11.7. The van der Waals surface area contributed by atoms with E-state index in [0.717, 1.165) is 10.0 Å². The van der Waals surface area contributed by atoms with E-state index in [4.69, 9.17) is 5.11 Å². The molecule has 1 aromatic rings. The lowest BCUT2D eigenvalue weighted by Crippen LogP contribution is -2.39. The van der Waals surface area contributed by atoms with E-state index in [9.17, 15) is 4.79 Å². The first-order valence-electron chi connectivity index (χ1n) is 5.42. The molecular formula is C12H17BrN2O2. The molecule has 0 bridgehead atoms. The number of carbonyl (C=O) groups is 1. The SMILES string of the molecule is CC(NC(=O)N(C)CCO)c1cccc(Br)c1. The Labute approximate surface area is 110 Å². The van der Waals surface area contributed by atoms with Crippen LogP contribution in [0.1, 0.15) is 18.5 Å². The molecule has 0 aliphatic heterocycles. The van der Waals surface area contributed by atoms with Crippen LogP contribution < -0.4 is 5.32 Å². The third kappa shape index (κ3) is 4.36. The molecule has 0 radical (unpaired) electrons. The van der Waals surface area contributed by atoms with Crippen molar-refractivity contribution >= 4 is 22.0 Å². The Morgan fingerprint density at radius 2 is 2.29 bits per heavy atom. The molecule has 0 aromatic heterocycles. The van der Waals surface area contributed by atoms with Gasteiger partial charge in [-0.05, 0) is 24.6 Å². The van der Waals surface area contributed by atoms with Gasteiger partial charge < -0.3 is 15.3 Å². The lowest BCUT2D eigenvalue weighted by Gasteiger charge is -2.21. The van der Waals surface area contributed by atoms with Crippen LogP contribution in [0, 0.1) is 0 Å². The third-order valence-corrected chi connectivity index (χ3v) is 2.96. The number of aliphatic hydroxyl groups excluding tert-OH is 1. The Morgan fingerprint density at radius 3 is 2.88 bits per heavy atom. The van der Waals surface area contributed by atoms with Gasteiger partial charge >= 0.3 is 6.03 Å². The van der Waals surface area contributed by atoms with Gasteiger partial charge in [0.25, 0.3) is 0 Å². The van der Waals surface area contributed by atoms with Gasteiger partial charge in [0.1, 0.15) is 0 Å². The van der Waals surface area contributed by atoms with Crippen molar-refractivity contribution in [1.82, 2.24) is 10.2 Å². The topological polar surface area (TPSA) is 52.6 Å². The number of nitrogens with one attached hydrogen (secondary N) is 1. The summed E-state index contributed by atoms with van der Waals surface area (Å²) in [7, 11) is 1.65. The molecule has 1 atom stereocenters. The fraction of sp³-hybridized carbons (Fsp3) is 0.417. The smallest absolute Gasteiger partial charge is 0.317 e. The monoisotopic (exact) mass is 300 g/mol. The van der Waals surface area contributed by atoms with Gasteiger partial charge in [-0.25, -0.2) is 4.79 Å². The van der Waals surface area contributed by atoms with Crippen LogP contribution in [-0.4, -0.2) is 36.2 Å². The molecular weight excluding hydrogens is 284 g/mol. The fourth-order valence-electron chi connectivity index (χ4n) is 1.41. The highest BCUT2D eigenvalue weighted by Crippen LogP contribution is 2.17. The van der Waals surface area contributed by atoms with Crippen molar-refractivity contribution in [1.29, 1.82) is 0 Å². The molecule has 0 aliphatic rings. The number of nitrogens with zero attached hydrogens (tertiary/aromatic N) is 1. The second kappa shape index (κ2) is 6.61. The highest BCUT2D eigenvalue weighted by molar-refractivity contribution is 9.10. The van der Waals surface area contributed by atoms with Crippen LogP contribution >= 0.6 is 15.9 Å². The summed E-state index contributed by atoms with van der Waals surface area (Å²) in [4.78, 5) is 13.1. The van der Waals surface area contributed by atoms with E-state index in [-0.39, 0.29) is 18.7 Å². The standard InChI is InChI=1S/C12H17BrN2O2/c1-9(10-4-3-5-11(13)8-10)14-12(17)15(2)6-7-16/h3-5,8-9,16H,6-7H2,1-2H3,(H,14,17). The molecule has 1 rings (SSSR count). The average molecular weight is 301 g/mol. The lowest BCUT2D eigenvalue weighted by molar-refractivity contribution is 0.188. The van der Waals surface area contributed by atoms with Crippen LogP contribution in [0.25, 0.3) is 0 Å². The first-order valence-corrected chi connectivity index (χ1v) is 6.22. The van der Waals surface area contributed by atoms with Crippen molar-refractivity contribution < 1.29 is 9.90 Å². The quantitative estimate of drug-likeness (QED) is 0.895. The van der Waals surface area contributed by atoms with Crippen molar-refractivity contribution in [2.75, 3.05) is 20.2 Å². The van der Waals surface area contributed by atoms with Gasteiger partial charge in [0.15, 0.2) is 0 Å². The second-order valence-electron chi connectivity index (χ2n) is 3.87. The van der Waals surface area contributed by atoms with Gasteiger partial charge in [-0.15, -0.1) is 0 Å². The summed E-state index contributed by atoms with van der Waals surface area (Å²) in [6, 6.07) is 7.54. The number of amides is 2. The zero-order valence-electron chi connectivity index (χ0n) is 9.98. The number of halogens is 1. The predicted molar refractivity (Wildman–Crippen MR) is 70.8 cm³/mol. The molecule has 0 saturated heterocycles. The Balaban J connectivity index is 2.60. The largest absolute Gasteiger partial charge is 0.395 e. The number of aliphatic hydroxyl groups is 1. The Kier molecular flexibility index (Phi) is 5.44. The average Bonchev–Trinajstić information content (AvgIpc) is 2.29. The molecule has 94 valence electrons. The minimum absolute atomic E-state index is 0.0326. The molecule has 1 unspecified atom stereocenters. The van der Waals surface area contributed by atoms with Crippen LogP contribution in [0.5, 0.6) is 0 Å². The number of carbonyl (C=O) groups excluding carboxylic acids is 1. The summed E-state index contributed by atoms with van der Waals surface area (Å²) in [5.74, 6) is 0. The molecule has 17 heavy (non-hydrogen) atoms. The zero-order valence-corrected chi connectivity index (χ0v) is 11.6. The molecule has 2 amide bonds. The molecule has 0 aliphatic carbocycles. The summed E-state index contributed by atoms with van der Waals surface area (Å²) >= 11 is 3.39. The van der Waals surface area contributed by atoms with E-state index in [1.165, 1.54) is 4.90 Å². The highest BCUT2D eigenvalue weighted by atomic mass is 79.9. The summed E-state index contributed by atoms with van der Waals surface area (Å²) < 4.78 is 0.986. The Morgan fingerprint density at radius 1 is 1.59 bits per heavy atom. The normalized spacial score (nSPS) is 12.0. The minimum Gasteiger partial charge on any atom is -0.395 e. The van der Waals surface area contributed by atoms with E-state index in [1.807, 2.05) is 31.2 Å². The number of hydrogen-bond donors (Lipinski definition) is 2. The number of hydrogen-bond acceptors (Lipinski definition) is 2. The maximum Gasteiger partial charge on any atom is 0.317 e. The van der Waals surface area contributed by atoms with E-state index in [2.05, 4.69) is 21.2 Å². The van der Waals surface area contributed by atoms with Crippen molar-refractivity contribution in [3.63, 3.8) is 0 Å². The first kappa shape index (κ1) is 14.0. The molecule has 0 fully saturated rings. The zero-order chi connectivity index (χ0) is 12.8. The summed E-state index contributed by atoms with van der Waals surface area (Å²) in [5.41, 5.74) is 1.03. The van der Waals surface area contributed by atoms with E-state index in [1.54, 1.807) is 7.05 Å². The van der Waals surface area contributed by atoms with E-state index < -0.39 is 0 Å². The van der Waals surface area contributed by atoms with Crippen molar-refractivity contribution in [3.8, 4) is 0 Å². The fourth-order valence-corrected chi connectivity index (χ4v) is 1.82. The van der Waals surface area contributed by atoms with Gasteiger partial charge in [0.05, 0.1) is 12.6 Å². The second-order valence-corrected chi connectivity index (χ2v) is 4.79.